The van der Waals surface area contributed by atoms with Crippen LogP contribution in [0.4, 0.5) is 0 Å². The fourth-order valence-corrected chi connectivity index (χ4v) is 2.37. The second-order valence-corrected chi connectivity index (χ2v) is 5.64. The van der Waals surface area contributed by atoms with Gasteiger partial charge in [0.05, 0.1) is 11.1 Å². The third-order valence-electron chi connectivity index (χ3n) is 3.21. The van der Waals surface area contributed by atoms with Crippen LogP contribution in [0, 0.1) is 0 Å². The van der Waals surface area contributed by atoms with Gasteiger partial charge in [-0.2, -0.15) is 0 Å². The molecule has 1 atom stereocenters. The second kappa shape index (κ2) is 8.06. The molecule has 1 unspecified atom stereocenters. The molecule has 0 bridgehead atoms. The van der Waals surface area contributed by atoms with Gasteiger partial charge in [-0.15, -0.1) is 0 Å². The molecule has 1 N–H and O–H groups in total. The van der Waals surface area contributed by atoms with Crippen LogP contribution < -0.4 is 10.1 Å². The lowest BCUT2D eigenvalue weighted by Gasteiger charge is -2.18. The molecule has 5 heteroatoms. The number of rotatable bonds is 6. The lowest BCUT2D eigenvalue weighted by Crippen LogP contribution is -2.32. The largest absolute Gasteiger partial charge is 0.482 e. The molecule has 3 nitrogen and oxygen atoms in total. The van der Waals surface area contributed by atoms with Crippen LogP contribution in [0.1, 0.15) is 24.9 Å². The number of hydrogen-bond acceptors (Lipinski definition) is 2. The molecule has 2 aromatic carbocycles. The van der Waals surface area contributed by atoms with E-state index in [1.807, 2.05) is 43.3 Å². The van der Waals surface area contributed by atoms with Crippen molar-refractivity contribution >= 4 is 29.1 Å². The molecule has 0 heterocycles. The summed E-state index contributed by atoms with van der Waals surface area (Å²) in [6.07, 6.45) is 0.777. The molecule has 0 spiro atoms. The summed E-state index contributed by atoms with van der Waals surface area (Å²) in [4.78, 5) is 12.0. The van der Waals surface area contributed by atoms with E-state index >= 15 is 0 Å². The van der Waals surface area contributed by atoms with E-state index in [-0.39, 0.29) is 18.6 Å². The monoisotopic (exact) mass is 337 g/mol. The van der Waals surface area contributed by atoms with Crippen molar-refractivity contribution in [1.29, 1.82) is 0 Å². The SMILES string of the molecule is CCC(NC(=O)COc1ccccc1Cl)c1ccc(Cl)cc1. The Morgan fingerprint density at radius 3 is 2.45 bits per heavy atom. The van der Waals surface area contributed by atoms with Crippen LogP contribution in [0.2, 0.25) is 10.0 Å². The van der Waals surface area contributed by atoms with E-state index in [0.717, 1.165) is 12.0 Å². The summed E-state index contributed by atoms with van der Waals surface area (Å²) in [5.41, 5.74) is 1.01. The average Bonchev–Trinajstić information content (AvgIpc) is 2.53. The van der Waals surface area contributed by atoms with Gasteiger partial charge in [0.25, 0.3) is 5.91 Å². The molecular weight excluding hydrogens is 321 g/mol. The lowest BCUT2D eigenvalue weighted by molar-refractivity contribution is -0.123. The minimum Gasteiger partial charge on any atom is -0.482 e. The topological polar surface area (TPSA) is 38.3 Å². The van der Waals surface area contributed by atoms with Crippen molar-refractivity contribution in [3.8, 4) is 5.75 Å². The molecule has 0 aliphatic rings. The summed E-state index contributed by atoms with van der Waals surface area (Å²) in [6.45, 7) is 1.93. The van der Waals surface area contributed by atoms with Gasteiger partial charge in [-0.3, -0.25) is 4.79 Å². The third kappa shape index (κ3) is 4.65. The number of hydrogen-bond donors (Lipinski definition) is 1. The van der Waals surface area contributed by atoms with Crippen LogP contribution >= 0.6 is 23.2 Å². The Balaban J connectivity index is 1.92. The summed E-state index contributed by atoms with van der Waals surface area (Å²) in [5.74, 6) is 0.306. The van der Waals surface area contributed by atoms with Crippen LogP contribution in [0.5, 0.6) is 5.75 Å². The first-order valence-electron chi connectivity index (χ1n) is 7.02. The van der Waals surface area contributed by atoms with E-state index in [4.69, 9.17) is 27.9 Å². The van der Waals surface area contributed by atoms with Gasteiger partial charge in [-0.05, 0) is 36.2 Å². The molecule has 0 radical (unpaired) electrons. The smallest absolute Gasteiger partial charge is 0.258 e. The number of para-hydroxylation sites is 1. The molecular formula is C17H17Cl2NO2. The summed E-state index contributed by atoms with van der Waals surface area (Å²) in [7, 11) is 0. The van der Waals surface area contributed by atoms with E-state index in [1.165, 1.54) is 0 Å². The zero-order chi connectivity index (χ0) is 15.9. The molecule has 116 valence electrons. The number of nitrogens with one attached hydrogen (secondary N) is 1. The predicted octanol–water partition coefficient (Wildman–Crippen LogP) is 4.64. The van der Waals surface area contributed by atoms with Crippen LogP contribution in [0.3, 0.4) is 0 Å². The maximum absolute atomic E-state index is 12.0. The first kappa shape index (κ1) is 16.7. The van der Waals surface area contributed by atoms with Crippen LogP contribution in [0.25, 0.3) is 0 Å². The van der Waals surface area contributed by atoms with Gasteiger partial charge >= 0.3 is 0 Å². The molecule has 0 saturated carbocycles. The summed E-state index contributed by atoms with van der Waals surface area (Å²) >= 11 is 11.9. The Labute approximate surface area is 140 Å². The molecule has 0 aliphatic carbocycles. The first-order valence-corrected chi connectivity index (χ1v) is 7.78. The fourth-order valence-electron chi connectivity index (χ4n) is 2.06. The highest BCUT2D eigenvalue weighted by Gasteiger charge is 2.13. The summed E-state index contributed by atoms with van der Waals surface area (Å²) in [6, 6.07) is 14.4. The predicted molar refractivity (Wildman–Crippen MR) is 89.6 cm³/mol. The number of benzene rings is 2. The van der Waals surface area contributed by atoms with E-state index in [0.29, 0.717) is 15.8 Å². The van der Waals surface area contributed by atoms with Gasteiger partial charge in [-0.25, -0.2) is 0 Å². The van der Waals surface area contributed by atoms with Gasteiger partial charge in [0.1, 0.15) is 5.75 Å². The quantitative estimate of drug-likeness (QED) is 0.833. The molecule has 22 heavy (non-hydrogen) atoms. The second-order valence-electron chi connectivity index (χ2n) is 4.80. The van der Waals surface area contributed by atoms with Gasteiger partial charge in [-0.1, -0.05) is 54.4 Å². The third-order valence-corrected chi connectivity index (χ3v) is 3.78. The highest BCUT2D eigenvalue weighted by atomic mass is 35.5. The van der Waals surface area contributed by atoms with Gasteiger partial charge < -0.3 is 10.1 Å². The van der Waals surface area contributed by atoms with Crippen molar-refractivity contribution in [3.05, 3.63) is 64.1 Å². The van der Waals surface area contributed by atoms with Crippen molar-refractivity contribution in [1.82, 2.24) is 5.32 Å². The number of halogens is 2. The average molecular weight is 338 g/mol. The lowest BCUT2D eigenvalue weighted by atomic mass is 10.0. The Hall–Kier alpha value is -1.71. The Bertz CT molecular complexity index is 629. The van der Waals surface area contributed by atoms with Crippen LogP contribution in [-0.4, -0.2) is 12.5 Å². The molecule has 0 saturated heterocycles. The minimum atomic E-state index is -0.193. The molecule has 0 aromatic heterocycles. The Morgan fingerprint density at radius 1 is 1.14 bits per heavy atom. The van der Waals surface area contributed by atoms with Gasteiger partial charge in [0.15, 0.2) is 6.61 Å². The Kier molecular flexibility index (Phi) is 6.10. The van der Waals surface area contributed by atoms with Crippen molar-refractivity contribution < 1.29 is 9.53 Å². The van der Waals surface area contributed by atoms with Crippen LogP contribution in [0.15, 0.2) is 48.5 Å². The Morgan fingerprint density at radius 2 is 1.82 bits per heavy atom. The maximum atomic E-state index is 12.0. The van der Waals surface area contributed by atoms with Crippen molar-refractivity contribution in [2.24, 2.45) is 0 Å². The van der Waals surface area contributed by atoms with E-state index in [1.54, 1.807) is 12.1 Å². The summed E-state index contributed by atoms with van der Waals surface area (Å²) in [5, 5.41) is 4.10. The normalized spacial score (nSPS) is 11.8. The number of carbonyl (C=O) groups excluding carboxylic acids is 1. The van der Waals surface area contributed by atoms with E-state index in [9.17, 15) is 4.79 Å². The molecule has 2 rings (SSSR count). The van der Waals surface area contributed by atoms with Crippen molar-refractivity contribution in [2.45, 2.75) is 19.4 Å². The molecule has 1 amide bonds. The molecule has 0 aliphatic heterocycles. The highest BCUT2D eigenvalue weighted by Crippen LogP contribution is 2.23. The minimum absolute atomic E-state index is 0.0698. The number of ether oxygens (including phenoxy) is 1. The molecule has 2 aromatic rings. The van der Waals surface area contributed by atoms with E-state index < -0.39 is 0 Å². The van der Waals surface area contributed by atoms with Crippen molar-refractivity contribution in [2.75, 3.05) is 6.61 Å². The number of carbonyl (C=O) groups is 1. The van der Waals surface area contributed by atoms with Gasteiger partial charge in [0, 0.05) is 5.02 Å². The highest BCUT2D eigenvalue weighted by molar-refractivity contribution is 6.32. The molecule has 0 fully saturated rings. The zero-order valence-electron chi connectivity index (χ0n) is 12.2. The standard InChI is InChI=1S/C17H17Cl2NO2/c1-2-15(12-7-9-13(18)10-8-12)20-17(21)11-22-16-6-4-3-5-14(16)19/h3-10,15H,2,11H2,1H3,(H,20,21). The van der Waals surface area contributed by atoms with Crippen LogP contribution in [-0.2, 0) is 4.79 Å². The van der Waals surface area contributed by atoms with Gasteiger partial charge in [0.2, 0.25) is 0 Å². The van der Waals surface area contributed by atoms with Crippen molar-refractivity contribution in [3.63, 3.8) is 0 Å². The zero-order valence-corrected chi connectivity index (χ0v) is 13.7. The maximum Gasteiger partial charge on any atom is 0.258 e. The summed E-state index contributed by atoms with van der Waals surface area (Å²) < 4.78 is 5.43. The van der Waals surface area contributed by atoms with E-state index in [2.05, 4.69) is 5.32 Å². The fraction of sp³-hybridized carbons (Fsp3) is 0.235. The number of amides is 1. The first-order chi connectivity index (χ1) is 10.6.